The summed E-state index contributed by atoms with van der Waals surface area (Å²) in [7, 11) is 1.52. The molecule has 0 bridgehead atoms. The van der Waals surface area contributed by atoms with Crippen molar-refractivity contribution in [2.24, 2.45) is 5.92 Å². The minimum Gasteiger partial charge on any atom is -0.480 e. The van der Waals surface area contributed by atoms with Crippen LogP contribution in [0.1, 0.15) is 37.8 Å². The SMILES string of the molecule is COc1nn(Cc2cc(=O)[nH]c(NCC3CCCCC3)n2)c(=O)c2ccccc12. The first-order valence-electron chi connectivity index (χ1n) is 10.0. The summed E-state index contributed by atoms with van der Waals surface area (Å²) in [5, 5.41) is 8.72. The van der Waals surface area contributed by atoms with Crippen molar-refractivity contribution in [3.05, 3.63) is 56.7 Å². The van der Waals surface area contributed by atoms with Crippen molar-refractivity contribution in [2.45, 2.75) is 38.6 Å². The van der Waals surface area contributed by atoms with Gasteiger partial charge in [0, 0.05) is 12.6 Å². The van der Waals surface area contributed by atoms with Gasteiger partial charge in [-0.3, -0.25) is 14.6 Å². The van der Waals surface area contributed by atoms with Crippen molar-refractivity contribution in [1.29, 1.82) is 0 Å². The Bertz CT molecular complexity index is 1120. The highest BCUT2D eigenvalue weighted by molar-refractivity contribution is 5.85. The molecule has 1 aliphatic rings. The van der Waals surface area contributed by atoms with Gasteiger partial charge < -0.3 is 10.1 Å². The number of fused-ring (bicyclic) bond motifs is 1. The van der Waals surface area contributed by atoms with Crippen LogP contribution < -0.4 is 21.2 Å². The number of nitrogens with one attached hydrogen (secondary N) is 2. The summed E-state index contributed by atoms with van der Waals surface area (Å²) >= 11 is 0. The summed E-state index contributed by atoms with van der Waals surface area (Å²) in [6.07, 6.45) is 6.22. The number of hydrogen-bond acceptors (Lipinski definition) is 6. The van der Waals surface area contributed by atoms with Crippen LogP contribution in [0, 0.1) is 5.92 Å². The van der Waals surface area contributed by atoms with E-state index < -0.39 is 0 Å². The number of anilines is 1. The highest BCUT2D eigenvalue weighted by Gasteiger charge is 2.15. The molecule has 0 amide bonds. The minimum absolute atomic E-state index is 0.0854. The lowest BCUT2D eigenvalue weighted by Crippen LogP contribution is -2.26. The molecular formula is C21H25N5O3. The first-order chi connectivity index (χ1) is 14.1. The zero-order chi connectivity index (χ0) is 20.2. The van der Waals surface area contributed by atoms with Crippen LogP contribution in [0.2, 0.25) is 0 Å². The Kier molecular flexibility index (Phi) is 5.59. The zero-order valence-corrected chi connectivity index (χ0v) is 16.5. The average molecular weight is 395 g/mol. The Morgan fingerprint density at radius 1 is 1.17 bits per heavy atom. The number of aromatic amines is 1. The number of nitrogens with zero attached hydrogens (tertiary/aromatic N) is 3. The second kappa shape index (κ2) is 8.46. The van der Waals surface area contributed by atoms with E-state index >= 15 is 0 Å². The molecule has 2 aromatic heterocycles. The van der Waals surface area contributed by atoms with Gasteiger partial charge in [0.1, 0.15) is 0 Å². The van der Waals surface area contributed by atoms with Gasteiger partial charge in [0.15, 0.2) is 0 Å². The van der Waals surface area contributed by atoms with E-state index in [1.807, 2.05) is 6.07 Å². The number of rotatable bonds is 6. The Labute approximate surface area is 167 Å². The van der Waals surface area contributed by atoms with E-state index in [4.69, 9.17) is 4.74 Å². The molecule has 2 heterocycles. The number of hydrogen-bond donors (Lipinski definition) is 2. The van der Waals surface area contributed by atoms with Gasteiger partial charge >= 0.3 is 0 Å². The van der Waals surface area contributed by atoms with Gasteiger partial charge in [-0.15, -0.1) is 5.10 Å². The summed E-state index contributed by atoms with van der Waals surface area (Å²) < 4.78 is 6.63. The highest BCUT2D eigenvalue weighted by Crippen LogP contribution is 2.23. The molecule has 3 aromatic rings. The van der Waals surface area contributed by atoms with E-state index in [2.05, 4.69) is 20.4 Å². The third kappa shape index (κ3) is 4.31. The van der Waals surface area contributed by atoms with Crippen LogP contribution >= 0.6 is 0 Å². The summed E-state index contributed by atoms with van der Waals surface area (Å²) in [6.45, 7) is 0.871. The van der Waals surface area contributed by atoms with Gasteiger partial charge in [0.2, 0.25) is 11.8 Å². The lowest BCUT2D eigenvalue weighted by Gasteiger charge is -2.21. The first-order valence-corrected chi connectivity index (χ1v) is 10.0. The Hall–Kier alpha value is -3.16. The molecule has 152 valence electrons. The standard InChI is InChI=1S/C21H25N5O3/c1-29-19-16-9-5-6-10-17(16)20(28)26(25-19)13-15-11-18(27)24-21(23-15)22-12-14-7-3-2-4-8-14/h5-6,9-11,14H,2-4,7-8,12-13H2,1H3,(H2,22,23,24,27). The fourth-order valence-corrected chi connectivity index (χ4v) is 3.92. The Balaban J connectivity index is 1.59. The molecule has 8 heteroatoms. The molecule has 1 aliphatic carbocycles. The lowest BCUT2D eigenvalue weighted by atomic mass is 9.89. The van der Waals surface area contributed by atoms with E-state index in [1.165, 1.54) is 50.0 Å². The van der Waals surface area contributed by atoms with Crippen molar-refractivity contribution in [1.82, 2.24) is 19.7 Å². The fraction of sp³-hybridized carbons (Fsp3) is 0.429. The molecule has 8 nitrogen and oxygen atoms in total. The van der Waals surface area contributed by atoms with E-state index in [0.29, 0.717) is 34.2 Å². The quantitative estimate of drug-likeness (QED) is 0.665. The van der Waals surface area contributed by atoms with Gasteiger partial charge in [-0.05, 0) is 30.9 Å². The molecule has 0 saturated heterocycles. The van der Waals surface area contributed by atoms with Crippen LogP contribution in [-0.2, 0) is 6.54 Å². The monoisotopic (exact) mass is 395 g/mol. The maximum Gasteiger partial charge on any atom is 0.275 e. The van der Waals surface area contributed by atoms with Crippen LogP contribution in [-0.4, -0.2) is 33.4 Å². The summed E-state index contributed by atoms with van der Waals surface area (Å²) in [5.74, 6) is 1.39. The zero-order valence-electron chi connectivity index (χ0n) is 16.5. The van der Waals surface area contributed by atoms with Crippen LogP contribution in [0.3, 0.4) is 0 Å². The first kappa shape index (κ1) is 19.2. The van der Waals surface area contributed by atoms with E-state index in [-0.39, 0.29) is 17.7 Å². The second-order valence-electron chi connectivity index (χ2n) is 7.49. The molecule has 0 radical (unpaired) electrons. The average Bonchev–Trinajstić information content (AvgIpc) is 2.75. The molecule has 1 fully saturated rings. The number of aromatic nitrogens is 4. The van der Waals surface area contributed by atoms with Gasteiger partial charge in [0.05, 0.1) is 30.1 Å². The Morgan fingerprint density at radius 3 is 2.69 bits per heavy atom. The van der Waals surface area contributed by atoms with Crippen molar-refractivity contribution in [3.8, 4) is 5.88 Å². The highest BCUT2D eigenvalue weighted by atomic mass is 16.5. The number of benzene rings is 1. The van der Waals surface area contributed by atoms with E-state index in [1.54, 1.807) is 18.2 Å². The topological polar surface area (TPSA) is 102 Å². The summed E-state index contributed by atoms with van der Waals surface area (Å²) in [6, 6.07) is 8.55. The molecule has 0 atom stereocenters. The number of H-pyrrole nitrogens is 1. The molecule has 1 aromatic carbocycles. The predicted molar refractivity (Wildman–Crippen MR) is 112 cm³/mol. The normalized spacial score (nSPS) is 14.8. The summed E-state index contributed by atoms with van der Waals surface area (Å²) in [4.78, 5) is 32.1. The third-order valence-corrected chi connectivity index (χ3v) is 5.42. The second-order valence-corrected chi connectivity index (χ2v) is 7.49. The lowest BCUT2D eigenvalue weighted by molar-refractivity contribution is 0.373. The van der Waals surface area contributed by atoms with E-state index in [9.17, 15) is 9.59 Å². The molecule has 1 saturated carbocycles. The van der Waals surface area contributed by atoms with Crippen molar-refractivity contribution >= 4 is 16.7 Å². The molecule has 0 aliphatic heterocycles. The van der Waals surface area contributed by atoms with Crippen LogP contribution in [0.25, 0.3) is 10.8 Å². The minimum atomic E-state index is -0.262. The van der Waals surface area contributed by atoms with Crippen molar-refractivity contribution < 1.29 is 4.74 Å². The molecule has 4 rings (SSSR count). The molecule has 0 spiro atoms. The van der Waals surface area contributed by atoms with Gasteiger partial charge in [-0.2, -0.15) is 0 Å². The molecule has 0 unspecified atom stereocenters. The molecule has 29 heavy (non-hydrogen) atoms. The van der Waals surface area contributed by atoms with Gasteiger partial charge in [-0.25, -0.2) is 9.67 Å². The van der Waals surface area contributed by atoms with E-state index in [0.717, 1.165) is 6.54 Å². The van der Waals surface area contributed by atoms with Crippen molar-refractivity contribution in [3.63, 3.8) is 0 Å². The maximum atomic E-state index is 12.8. The number of ether oxygens (including phenoxy) is 1. The predicted octanol–water partition coefficient (Wildman–Crippen LogP) is 2.53. The maximum absolute atomic E-state index is 12.8. The molecular weight excluding hydrogens is 370 g/mol. The summed E-state index contributed by atoms with van der Waals surface area (Å²) in [5.41, 5.74) is -0.0472. The van der Waals surface area contributed by atoms with Gasteiger partial charge in [0.25, 0.3) is 11.1 Å². The Morgan fingerprint density at radius 2 is 1.93 bits per heavy atom. The smallest absolute Gasteiger partial charge is 0.275 e. The van der Waals surface area contributed by atoms with Gasteiger partial charge in [-0.1, -0.05) is 31.4 Å². The largest absolute Gasteiger partial charge is 0.480 e. The third-order valence-electron chi connectivity index (χ3n) is 5.42. The molecule has 2 N–H and O–H groups in total. The number of methoxy groups -OCH3 is 1. The van der Waals surface area contributed by atoms with Crippen molar-refractivity contribution in [2.75, 3.05) is 19.0 Å². The van der Waals surface area contributed by atoms with Crippen LogP contribution in [0.4, 0.5) is 5.95 Å². The fourth-order valence-electron chi connectivity index (χ4n) is 3.92. The van der Waals surface area contributed by atoms with Crippen LogP contribution in [0.5, 0.6) is 5.88 Å². The van der Waals surface area contributed by atoms with Crippen LogP contribution in [0.15, 0.2) is 39.9 Å².